The number of hydrogen-bond acceptors (Lipinski definition) is 4. The topological polar surface area (TPSA) is 65.5 Å². The summed E-state index contributed by atoms with van der Waals surface area (Å²) in [5.41, 5.74) is 5.95. The van der Waals surface area contributed by atoms with E-state index >= 15 is 0 Å². The van der Waals surface area contributed by atoms with E-state index < -0.39 is 0 Å². The van der Waals surface area contributed by atoms with Crippen LogP contribution in [0.1, 0.15) is 36.7 Å². The molecule has 32 heavy (non-hydrogen) atoms. The molecule has 1 heterocycles. The van der Waals surface area contributed by atoms with Gasteiger partial charge in [0.2, 0.25) is 5.91 Å². The Hall–Kier alpha value is -3.86. The van der Waals surface area contributed by atoms with Crippen LogP contribution in [-0.4, -0.2) is 11.7 Å². The number of benzene rings is 3. The number of amides is 1. The fraction of sp³-hybridized carbons (Fsp3) is 0.185. The van der Waals surface area contributed by atoms with Gasteiger partial charge in [0.15, 0.2) is 0 Å². The highest BCUT2D eigenvalue weighted by molar-refractivity contribution is 6.05. The molecule has 162 valence electrons. The number of fused-ring (bicyclic) bond motifs is 1. The first-order valence-electron chi connectivity index (χ1n) is 10.8. The van der Waals surface area contributed by atoms with Crippen LogP contribution in [0.15, 0.2) is 95.6 Å². The van der Waals surface area contributed by atoms with E-state index in [4.69, 9.17) is 4.99 Å². The number of para-hydroxylation sites is 1. The van der Waals surface area contributed by atoms with Crippen LogP contribution in [0.3, 0.4) is 0 Å². The molecule has 3 aromatic carbocycles. The largest absolute Gasteiger partial charge is 0.359 e. The molecule has 5 heteroatoms. The molecule has 0 aliphatic carbocycles. The second kappa shape index (κ2) is 9.52. The summed E-state index contributed by atoms with van der Waals surface area (Å²) in [5.74, 6) is 0.434. The number of rotatable bonds is 5. The van der Waals surface area contributed by atoms with E-state index in [-0.39, 0.29) is 18.0 Å². The molecular formula is C27H28N4O. The minimum Gasteiger partial charge on any atom is -0.359 e. The number of anilines is 2. The molecule has 1 amide bonds. The van der Waals surface area contributed by atoms with E-state index in [0.29, 0.717) is 0 Å². The second-order valence-corrected chi connectivity index (χ2v) is 8.10. The third kappa shape index (κ3) is 5.06. The molecule has 1 aliphatic rings. The normalized spacial score (nSPS) is 16.3. The standard InChI is InChI=1S/C27H28N4O/c1-18-13-15-22(16-14-18)29-27(32)19(2)17-20(3)28-26-23-11-7-8-12-24(23)30-25(31-26)21-9-5-4-6-10-21/h4-17,19,25,30H,1-3H3,(H,28,31)(H,29,32)/b20-17+. The van der Waals surface area contributed by atoms with Gasteiger partial charge in [0.05, 0.1) is 5.92 Å². The summed E-state index contributed by atoms with van der Waals surface area (Å²) in [6, 6.07) is 26.1. The monoisotopic (exact) mass is 424 g/mol. The van der Waals surface area contributed by atoms with E-state index in [1.807, 2.05) is 87.5 Å². The van der Waals surface area contributed by atoms with Gasteiger partial charge in [-0.1, -0.05) is 73.2 Å². The van der Waals surface area contributed by atoms with Crippen LogP contribution in [0.4, 0.5) is 11.4 Å². The number of nitrogens with one attached hydrogen (secondary N) is 3. The fourth-order valence-electron chi connectivity index (χ4n) is 3.66. The van der Waals surface area contributed by atoms with Gasteiger partial charge in [-0.15, -0.1) is 0 Å². The maximum Gasteiger partial charge on any atom is 0.231 e. The Kier molecular flexibility index (Phi) is 6.36. The van der Waals surface area contributed by atoms with Crippen molar-refractivity contribution >= 4 is 23.1 Å². The highest BCUT2D eigenvalue weighted by atomic mass is 16.1. The summed E-state index contributed by atoms with van der Waals surface area (Å²) in [6.45, 7) is 5.87. The third-order valence-corrected chi connectivity index (χ3v) is 5.40. The zero-order valence-electron chi connectivity index (χ0n) is 18.6. The molecule has 0 bridgehead atoms. The number of hydrogen-bond donors (Lipinski definition) is 3. The maximum absolute atomic E-state index is 12.6. The molecule has 0 spiro atoms. The van der Waals surface area contributed by atoms with Gasteiger partial charge in [0, 0.05) is 22.6 Å². The Balaban J connectivity index is 1.51. The Bertz CT molecular complexity index is 1150. The lowest BCUT2D eigenvalue weighted by Crippen LogP contribution is -2.30. The number of carbonyl (C=O) groups is 1. The molecule has 1 aliphatic heterocycles. The Morgan fingerprint density at radius 2 is 1.66 bits per heavy atom. The van der Waals surface area contributed by atoms with Crippen molar-refractivity contribution in [2.24, 2.45) is 10.9 Å². The highest BCUT2D eigenvalue weighted by Gasteiger charge is 2.21. The van der Waals surface area contributed by atoms with Gasteiger partial charge >= 0.3 is 0 Å². The molecule has 0 radical (unpaired) electrons. The van der Waals surface area contributed by atoms with E-state index in [1.54, 1.807) is 0 Å². The van der Waals surface area contributed by atoms with E-state index in [2.05, 4.69) is 34.1 Å². The molecule has 0 fully saturated rings. The van der Waals surface area contributed by atoms with Gasteiger partial charge < -0.3 is 16.0 Å². The maximum atomic E-state index is 12.6. The van der Waals surface area contributed by atoms with Crippen molar-refractivity contribution in [2.75, 3.05) is 10.6 Å². The Morgan fingerprint density at radius 3 is 2.41 bits per heavy atom. The fourth-order valence-corrected chi connectivity index (χ4v) is 3.66. The molecule has 2 unspecified atom stereocenters. The van der Waals surface area contributed by atoms with Crippen molar-refractivity contribution in [1.82, 2.24) is 5.32 Å². The van der Waals surface area contributed by atoms with Gasteiger partial charge in [-0.05, 0) is 43.7 Å². The molecule has 5 nitrogen and oxygen atoms in total. The first kappa shape index (κ1) is 21.4. The molecule has 2 atom stereocenters. The molecule has 0 aromatic heterocycles. The minimum absolute atomic E-state index is 0.0511. The lowest BCUT2D eigenvalue weighted by Gasteiger charge is -2.26. The van der Waals surface area contributed by atoms with Crippen LogP contribution in [0.25, 0.3) is 0 Å². The first-order valence-corrected chi connectivity index (χ1v) is 10.8. The molecule has 4 rings (SSSR count). The van der Waals surface area contributed by atoms with Crippen LogP contribution in [-0.2, 0) is 4.79 Å². The van der Waals surface area contributed by atoms with Gasteiger partial charge in [-0.3, -0.25) is 4.79 Å². The van der Waals surface area contributed by atoms with Gasteiger partial charge in [-0.25, -0.2) is 4.99 Å². The second-order valence-electron chi connectivity index (χ2n) is 8.10. The summed E-state index contributed by atoms with van der Waals surface area (Å²) < 4.78 is 0. The molecular weight excluding hydrogens is 396 g/mol. The Morgan fingerprint density at radius 1 is 0.969 bits per heavy atom. The van der Waals surface area contributed by atoms with Crippen molar-refractivity contribution < 1.29 is 4.79 Å². The zero-order chi connectivity index (χ0) is 22.5. The first-order chi connectivity index (χ1) is 15.5. The van der Waals surface area contributed by atoms with Crippen molar-refractivity contribution in [2.45, 2.75) is 26.9 Å². The predicted octanol–water partition coefficient (Wildman–Crippen LogP) is 5.63. The van der Waals surface area contributed by atoms with Crippen LogP contribution in [0.5, 0.6) is 0 Å². The number of aliphatic imine (C=N–C) groups is 1. The summed E-state index contributed by atoms with van der Waals surface area (Å²) in [6.07, 6.45) is 1.75. The summed E-state index contributed by atoms with van der Waals surface area (Å²) >= 11 is 0. The zero-order valence-corrected chi connectivity index (χ0v) is 18.6. The third-order valence-electron chi connectivity index (χ3n) is 5.40. The van der Waals surface area contributed by atoms with Crippen LogP contribution >= 0.6 is 0 Å². The minimum atomic E-state index is -0.300. The van der Waals surface area contributed by atoms with Crippen molar-refractivity contribution in [3.63, 3.8) is 0 Å². The van der Waals surface area contributed by atoms with Crippen molar-refractivity contribution in [1.29, 1.82) is 0 Å². The number of aryl methyl sites for hydroxylation is 1. The Labute approximate surface area is 189 Å². The van der Waals surface area contributed by atoms with E-state index in [1.165, 1.54) is 0 Å². The lowest BCUT2D eigenvalue weighted by molar-refractivity contribution is -0.118. The highest BCUT2D eigenvalue weighted by Crippen LogP contribution is 2.29. The van der Waals surface area contributed by atoms with Gasteiger partial charge in [0.25, 0.3) is 0 Å². The van der Waals surface area contributed by atoms with Crippen LogP contribution in [0, 0.1) is 12.8 Å². The average Bonchev–Trinajstić information content (AvgIpc) is 2.81. The summed E-state index contributed by atoms with van der Waals surface area (Å²) in [4.78, 5) is 17.6. The van der Waals surface area contributed by atoms with Gasteiger partial charge in [0.1, 0.15) is 12.0 Å². The van der Waals surface area contributed by atoms with E-state index in [9.17, 15) is 4.79 Å². The van der Waals surface area contributed by atoms with Crippen LogP contribution in [0.2, 0.25) is 0 Å². The van der Waals surface area contributed by atoms with Crippen molar-refractivity contribution in [3.05, 3.63) is 107 Å². The number of nitrogens with zero attached hydrogens (tertiary/aromatic N) is 1. The molecule has 0 saturated heterocycles. The molecule has 0 saturated carbocycles. The molecule has 3 N–H and O–H groups in total. The predicted molar refractivity (Wildman–Crippen MR) is 132 cm³/mol. The van der Waals surface area contributed by atoms with Crippen LogP contribution < -0.4 is 16.0 Å². The lowest BCUT2D eigenvalue weighted by atomic mass is 10.1. The summed E-state index contributed by atoms with van der Waals surface area (Å²) in [5, 5.41) is 9.89. The quantitative estimate of drug-likeness (QED) is 0.497. The smallest absolute Gasteiger partial charge is 0.231 e. The van der Waals surface area contributed by atoms with Crippen molar-refractivity contribution in [3.8, 4) is 0 Å². The SMILES string of the molecule is C/C(=C\C(C)C(=O)Nc1ccc(C)cc1)NC1=NC(c2ccccc2)Nc2ccccc21. The average molecular weight is 425 g/mol. The van der Waals surface area contributed by atoms with Gasteiger partial charge in [-0.2, -0.15) is 0 Å². The summed E-state index contributed by atoms with van der Waals surface area (Å²) in [7, 11) is 0. The number of allylic oxidation sites excluding steroid dienone is 1. The number of amidine groups is 1. The molecule has 3 aromatic rings. The van der Waals surface area contributed by atoms with E-state index in [0.717, 1.165) is 39.6 Å². The number of carbonyl (C=O) groups excluding carboxylic acids is 1.